The first kappa shape index (κ1) is 38.2. The van der Waals surface area contributed by atoms with Crippen molar-refractivity contribution >= 4 is 42.0 Å². The van der Waals surface area contributed by atoms with E-state index in [4.69, 9.17) is 4.74 Å². The molecule has 5 rings (SSSR count). The monoisotopic (exact) mass is 731 g/mol. The molecule has 4 aromatic rings. The summed E-state index contributed by atoms with van der Waals surface area (Å²) in [5, 5.41) is 10.0. The van der Waals surface area contributed by atoms with Crippen molar-refractivity contribution in [2.75, 3.05) is 13.3 Å². The van der Waals surface area contributed by atoms with Gasteiger partial charge in [-0.2, -0.15) is 0 Å². The molecule has 1 heterocycles. The van der Waals surface area contributed by atoms with E-state index in [9.17, 15) is 28.6 Å². The second-order valence-corrected chi connectivity index (χ2v) is 15.6. The van der Waals surface area contributed by atoms with Gasteiger partial charge in [0, 0.05) is 24.7 Å². The van der Waals surface area contributed by atoms with Crippen molar-refractivity contribution in [3.8, 4) is 0 Å². The minimum Gasteiger partial charge on any atom is -0.469 e. The number of carbonyl (C=O) groups is 4. The van der Waals surface area contributed by atoms with Crippen molar-refractivity contribution in [2.45, 2.75) is 75.8 Å². The van der Waals surface area contributed by atoms with Crippen molar-refractivity contribution in [3.05, 3.63) is 102 Å². The Hall–Kier alpha value is -5.00. The SMILES string of the molecule is COC(=O)CP(=O)(O)C(CC1CCCCC1)NC(=O)[C@H](Cc1cnc[nH]1)NC(=O)C(Cc1cccc2ccccc12)NC(=O)OCc1ccccc1. The molecule has 3 amide bonds. The largest absolute Gasteiger partial charge is 0.469 e. The lowest BCUT2D eigenvalue weighted by molar-refractivity contribution is -0.137. The quantitative estimate of drug-likeness (QED) is 0.0782. The first-order chi connectivity index (χ1) is 25.1. The molecule has 1 aromatic heterocycles. The number of imidazole rings is 1. The molecule has 1 fully saturated rings. The molecule has 1 saturated carbocycles. The molecule has 3 aromatic carbocycles. The van der Waals surface area contributed by atoms with Crippen molar-refractivity contribution in [3.63, 3.8) is 0 Å². The van der Waals surface area contributed by atoms with E-state index in [1.807, 2.05) is 72.8 Å². The summed E-state index contributed by atoms with van der Waals surface area (Å²) >= 11 is 0. The Morgan fingerprint density at radius 3 is 2.31 bits per heavy atom. The minimum absolute atomic E-state index is 0.0185. The number of methoxy groups -OCH3 is 1. The second kappa shape index (κ2) is 18.5. The van der Waals surface area contributed by atoms with Crippen LogP contribution in [0.1, 0.15) is 55.3 Å². The maximum atomic E-state index is 14.2. The third-order valence-electron chi connectivity index (χ3n) is 9.40. The summed E-state index contributed by atoms with van der Waals surface area (Å²) in [7, 11) is -3.16. The maximum Gasteiger partial charge on any atom is 0.408 e. The van der Waals surface area contributed by atoms with Gasteiger partial charge >= 0.3 is 12.1 Å². The molecule has 3 unspecified atom stereocenters. The summed E-state index contributed by atoms with van der Waals surface area (Å²) < 4.78 is 23.8. The molecule has 4 atom stereocenters. The lowest BCUT2D eigenvalue weighted by atomic mass is 9.87. The lowest BCUT2D eigenvalue weighted by Crippen LogP contribution is -2.56. The average Bonchev–Trinajstić information content (AvgIpc) is 3.67. The van der Waals surface area contributed by atoms with Crippen LogP contribution in [-0.2, 0) is 47.9 Å². The summed E-state index contributed by atoms with van der Waals surface area (Å²) in [5.41, 5.74) is 2.07. The fourth-order valence-electron chi connectivity index (χ4n) is 6.59. The second-order valence-electron chi connectivity index (χ2n) is 13.2. The van der Waals surface area contributed by atoms with Gasteiger partial charge in [0.2, 0.25) is 19.2 Å². The number of benzene rings is 3. The van der Waals surface area contributed by atoms with Gasteiger partial charge < -0.3 is 35.3 Å². The summed E-state index contributed by atoms with van der Waals surface area (Å²) in [5.74, 6) is -3.43. The van der Waals surface area contributed by atoms with Crippen LogP contribution in [0.15, 0.2) is 85.3 Å². The highest BCUT2D eigenvalue weighted by molar-refractivity contribution is 7.59. The summed E-state index contributed by atoms with van der Waals surface area (Å²) in [6.45, 7) is -0.0185. The van der Waals surface area contributed by atoms with Crippen LogP contribution in [-0.4, -0.2) is 69.9 Å². The van der Waals surface area contributed by atoms with Crippen LogP contribution < -0.4 is 16.0 Å². The Morgan fingerprint density at radius 1 is 0.885 bits per heavy atom. The van der Waals surface area contributed by atoms with Crippen molar-refractivity contribution < 1.29 is 38.1 Å². The van der Waals surface area contributed by atoms with Gasteiger partial charge in [-0.1, -0.05) is 105 Å². The summed E-state index contributed by atoms with van der Waals surface area (Å²) in [6.07, 6.45) is 6.25. The van der Waals surface area contributed by atoms with Gasteiger partial charge in [0.25, 0.3) is 0 Å². The summed E-state index contributed by atoms with van der Waals surface area (Å²) in [4.78, 5) is 71.6. The molecule has 13 nitrogen and oxygen atoms in total. The maximum absolute atomic E-state index is 14.2. The molecule has 14 heteroatoms. The molecular weight excluding hydrogens is 685 g/mol. The van der Waals surface area contributed by atoms with E-state index in [2.05, 4.69) is 30.7 Å². The number of esters is 1. The van der Waals surface area contributed by atoms with Crippen LogP contribution in [0.4, 0.5) is 4.79 Å². The molecule has 1 aliphatic carbocycles. The number of aromatic amines is 1. The number of hydrogen-bond donors (Lipinski definition) is 5. The third-order valence-corrected chi connectivity index (χ3v) is 11.4. The smallest absolute Gasteiger partial charge is 0.408 e. The average molecular weight is 732 g/mol. The number of aromatic nitrogens is 2. The third kappa shape index (κ3) is 11.0. The van der Waals surface area contributed by atoms with Crippen LogP contribution in [0.3, 0.4) is 0 Å². The van der Waals surface area contributed by atoms with Gasteiger partial charge in [0.1, 0.15) is 30.6 Å². The Bertz CT molecular complexity index is 1840. The number of ether oxygens (including phenoxy) is 2. The van der Waals surface area contributed by atoms with Crippen LogP contribution in [0, 0.1) is 5.92 Å². The van der Waals surface area contributed by atoms with Crippen LogP contribution in [0.25, 0.3) is 10.8 Å². The molecule has 0 aliphatic heterocycles. The fourth-order valence-corrected chi connectivity index (χ4v) is 8.27. The number of H-pyrrole nitrogens is 1. The van der Waals surface area contributed by atoms with Crippen LogP contribution in [0.5, 0.6) is 0 Å². The normalized spacial score (nSPS) is 16.1. The van der Waals surface area contributed by atoms with E-state index in [0.717, 1.165) is 61.1 Å². The van der Waals surface area contributed by atoms with Gasteiger partial charge in [0.15, 0.2) is 0 Å². The van der Waals surface area contributed by atoms with E-state index in [1.165, 1.54) is 12.5 Å². The Morgan fingerprint density at radius 2 is 1.58 bits per heavy atom. The number of amides is 3. The summed E-state index contributed by atoms with van der Waals surface area (Å²) in [6, 6.07) is 20.0. The molecule has 0 radical (unpaired) electrons. The number of hydrogen-bond acceptors (Lipinski definition) is 8. The van der Waals surface area contributed by atoms with E-state index in [-0.39, 0.29) is 31.8 Å². The van der Waals surface area contributed by atoms with Gasteiger partial charge in [-0.25, -0.2) is 9.78 Å². The number of alkyl carbamates (subject to hydrolysis) is 1. The predicted octanol–water partition coefficient (Wildman–Crippen LogP) is 4.98. The Labute approximate surface area is 302 Å². The van der Waals surface area contributed by atoms with E-state index in [0.29, 0.717) is 5.69 Å². The zero-order valence-electron chi connectivity index (χ0n) is 29.2. The topological polar surface area (TPSA) is 189 Å². The molecule has 276 valence electrons. The van der Waals surface area contributed by atoms with Crippen molar-refractivity contribution in [1.82, 2.24) is 25.9 Å². The van der Waals surface area contributed by atoms with Crippen molar-refractivity contribution in [1.29, 1.82) is 0 Å². The van der Waals surface area contributed by atoms with Gasteiger partial charge in [-0.3, -0.25) is 18.9 Å². The number of fused-ring (bicyclic) bond motifs is 1. The predicted molar refractivity (Wildman–Crippen MR) is 195 cm³/mol. The lowest BCUT2D eigenvalue weighted by Gasteiger charge is -2.31. The highest BCUT2D eigenvalue weighted by Gasteiger charge is 2.39. The fraction of sp³-hybridized carbons (Fsp3) is 0.395. The van der Waals surface area contributed by atoms with Gasteiger partial charge in [-0.05, 0) is 34.2 Å². The number of rotatable bonds is 16. The number of nitrogens with one attached hydrogen (secondary N) is 4. The standard InChI is InChI=1S/C38H46N5O8P/c1-50-35(44)24-52(48,49)34(19-26-11-4-2-5-12-26)43-37(46)33(21-30-22-39-25-40-30)41-36(45)32(42-38(47)51-23-27-13-6-3-7-14-27)20-29-17-10-16-28-15-8-9-18-31(28)29/h3,6-10,13-18,22,25-26,32-34H,2,4-5,11-12,19-21,23-24H2,1H3,(H,39,40)(H,41,45)(H,42,47)(H,43,46)(H,48,49)/t32?,33-,34?/m0/s1. The van der Waals surface area contributed by atoms with Crippen molar-refractivity contribution in [2.24, 2.45) is 5.92 Å². The Balaban J connectivity index is 1.39. The van der Waals surface area contributed by atoms with Crippen LogP contribution in [0.2, 0.25) is 0 Å². The highest BCUT2D eigenvalue weighted by atomic mass is 31.2. The number of carbonyl (C=O) groups excluding carboxylic acids is 4. The van der Waals surface area contributed by atoms with Gasteiger partial charge in [0.05, 0.1) is 13.4 Å². The first-order valence-corrected chi connectivity index (χ1v) is 19.4. The Kier molecular flexibility index (Phi) is 13.6. The minimum atomic E-state index is -4.29. The first-order valence-electron chi connectivity index (χ1n) is 17.5. The molecule has 0 saturated heterocycles. The van der Waals surface area contributed by atoms with E-state index >= 15 is 0 Å². The van der Waals surface area contributed by atoms with Crippen LogP contribution >= 0.6 is 7.37 Å². The molecule has 5 N–H and O–H groups in total. The molecule has 0 bridgehead atoms. The zero-order valence-corrected chi connectivity index (χ0v) is 30.1. The molecule has 52 heavy (non-hydrogen) atoms. The van der Waals surface area contributed by atoms with Gasteiger partial charge in [-0.15, -0.1) is 0 Å². The zero-order chi connectivity index (χ0) is 36.9. The van der Waals surface area contributed by atoms with E-state index < -0.39 is 55.3 Å². The highest BCUT2D eigenvalue weighted by Crippen LogP contribution is 2.48. The van der Waals surface area contributed by atoms with E-state index in [1.54, 1.807) is 0 Å². The molecular formula is C38H46N5O8P. The molecule has 1 aliphatic rings. The number of nitrogens with zero attached hydrogens (tertiary/aromatic N) is 1. The molecule has 0 spiro atoms.